The van der Waals surface area contributed by atoms with Crippen molar-refractivity contribution in [2.75, 3.05) is 7.11 Å². The number of allylic oxidation sites excluding steroid dienone is 1. The van der Waals surface area contributed by atoms with Gasteiger partial charge < -0.3 is 9.84 Å². The van der Waals surface area contributed by atoms with E-state index in [1.165, 1.54) is 0 Å². The molecule has 6 nitrogen and oxygen atoms in total. The van der Waals surface area contributed by atoms with Crippen LogP contribution in [0.15, 0.2) is 66.7 Å². The van der Waals surface area contributed by atoms with Crippen LogP contribution in [-0.2, 0) is 4.79 Å². The average Bonchev–Trinajstić information content (AvgIpc) is 3.22. The highest BCUT2D eigenvalue weighted by molar-refractivity contribution is 6.01. The third-order valence-electron chi connectivity index (χ3n) is 6.41. The Labute approximate surface area is 201 Å². The van der Waals surface area contributed by atoms with Crippen molar-refractivity contribution < 1.29 is 19.0 Å². The number of aromatic nitrogens is 3. The molecular formula is C28H24FN3O3. The number of nitrogens with one attached hydrogen (secondary N) is 1. The minimum atomic E-state index is -0.999. The highest BCUT2D eigenvalue weighted by Gasteiger charge is 2.28. The molecule has 0 bridgehead atoms. The van der Waals surface area contributed by atoms with E-state index in [-0.39, 0.29) is 0 Å². The Bertz CT molecular complexity index is 1450. The number of aromatic amines is 1. The van der Waals surface area contributed by atoms with Gasteiger partial charge in [0.25, 0.3) is 0 Å². The lowest BCUT2D eigenvalue weighted by atomic mass is 9.74. The molecule has 1 fully saturated rings. The molecule has 0 aliphatic heterocycles. The maximum Gasteiger partial charge on any atom is 0.328 e. The van der Waals surface area contributed by atoms with Crippen LogP contribution >= 0.6 is 0 Å². The molecule has 7 heteroatoms. The van der Waals surface area contributed by atoms with Crippen molar-refractivity contribution in [3.05, 3.63) is 95.1 Å². The quantitative estimate of drug-likeness (QED) is 0.326. The standard InChI is InChI=1S/C28H24FN3O3/c1-35-24-7-3-6-23(30-24)27(18-4-2-5-18)26(19-11-8-17(9-12-19)10-15-25(33)34)20-13-14-22-21(16-20)28(29)32-31-22/h3,6-16,18H,2,4-5H2,1H3,(H,31,32)(H,33,34)/b15-10+,27-26+. The summed E-state index contributed by atoms with van der Waals surface area (Å²) in [5, 5.41) is 15.8. The van der Waals surface area contributed by atoms with Gasteiger partial charge in [-0.3, -0.25) is 5.10 Å². The molecule has 1 saturated carbocycles. The molecule has 2 aromatic carbocycles. The molecule has 2 aromatic heterocycles. The first kappa shape index (κ1) is 22.5. The second-order valence-electron chi connectivity index (χ2n) is 8.55. The lowest BCUT2D eigenvalue weighted by Crippen LogP contribution is -2.16. The third kappa shape index (κ3) is 4.57. The lowest BCUT2D eigenvalue weighted by Gasteiger charge is -2.31. The molecule has 0 saturated heterocycles. The fraction of sp³-hybridized carbons (Fsp3) is 0.179. The number of H-pyrrole nitrogens is 1. The molecular weight excluding hydrogens is 445 g/mol. The van der Waals surface area contributed by atoms with Crippen LogP contribution in [0.2, 0.25) is 0 Å². The van der Waals surface area contributed by atoms with Gasteiger partial charge in [0.2, 0.25) is 11.8 Å². The van der Waals surface area contributed by atoms with Gasteiger partial charge in [-0.25, -0.2) is 9.78 Å². The molecule has 0 amide bonds. The number of pyridine rings is 1. The first-order valence-corrected chi connectivity index (χ1v) is 11.4. The van der Waals surface area contributed by atoms with E-state index in [1.54, 1.807) is 13.2 Å². The molecule has 0 atom stereocenters. The van der Waals surface area contributed by atoms with E-state index in [2.05, 4.69) is 10.2 Å². The van der Waals surface area contributed by atoms with Gasteiger partial charge in [0.1, 0.15) is 0 Å². The fourth-order valence-corrected chi connectivity index (χ4v) is 4.46. The van der Waals surface area contributed by atoms with Gasteiger partial charge in [-0.05, 0) is 70.9 Å². The highest BCUT2D eigenvalue weighted by Crippen LogP contribution is 2.45. The zero-order valence-electron chi connectivity index (χ0n) is 19.2. The number of hydrogen-bond acceptors (Lipinski definition) is 4. The van der Waals surface area contributed by atoms with Crippen LogP contribution in [0.25, 0.3) is 28.1 Å². The normalized spacial score (nSPS) is 14.7. The van der Waals surface area contributed by atoms with Crippen molar-refractivity contribution in [1.82, 2.24) is 15.2 Å². The Morgan fingerprint density at radius 3 is 2.57 bits per heavy atom. The van der Waals surface area contributed by atoms with E-state index >= 15 is 0 Å². The summed E-state index contributed by atoms with van der Waals surface area (Å²) in [4.78, 5) is 15.7. The van der Waals surface area contributed by atoms with Crippen molar-refractivity contribution in [3.63, 3.8) is 0 Å². The van der Waals surface area contributed by atoms with Crippen molar-refractivity contribution in [2.45, 2.75) is 19.3 Å². The van der Waals surface area contributed by atoms with Gasteiger partial charge in [-0.2, -0.15) is 4.39 Å². The van der Waals surface area contributed by atoms with Crippen molar-refractivity contribution in [2.24, 2.45) is 5.92 Å². The first-order valence-electron chi connectivity index (χ1n) is 11.4. The van der Waals surface area contributed by atoms with Crippen LogP contribution in [0.5, 0.6) is 5.88 Å². The van der Waals surface area contributed by atoms with Gasteiger partial charge in [-0.1, -0.05) is 42.8 Å². The molecule has 0 radical (unpaired) electrons. The molecule has 1 aliphatic carbocycles. The van der Waals surface area contributed by atoms with Crippen LogP contribution in [0.4, 0.5) is 4.39 Å². The molecule has 176 valence electrons. The molecule has 4 aromatic rings. The summed E-state index contributed by atoms with van der Waals surface area (Å²) in [7, 11) is 1.60. The second-order valence-corrected chi connectivity index (χ2v) is 8.55. The number of carbonyl (C=O) groups is 1. The average molecular weight is 470 g/mol. The topological polar surface area (TPSA) is 88.1 Å². The second kappa shape index (κ2) is 9.54. The van der Waals surface area contributed by atoms with Crippen LogP contribution in [-0.4, -0.2) is 33.4 Å². The molecule has 1 aliphatic rings. The molecule has 2 heterocycles. The van der Waals surface area contributed by atoms with Crippen molar-refractivity contribution >= 4 is 34.1 Å². The van der Waals surface area contributed by atoms with Crippen LogP contribution in [0.1, 0.15) is 41.6 Å². The zero-order valence-corrected chi connectivity index (χ0v) is 19.2. The fourth-order valence-electron chi connectivity index (χ4n) is 4.46. The number of halogens is 1. The number of benzene rings is 2. The summed E-state index contributed by atoms with van der Waals surface area (Å²) < 4.78 is 19.8. The number of carboxylic acid groups (broad SMARTS) is 1. The van der Waals surface area contributed by atoms with Crippen molar-refractivity contribution in [3.8, 4) is 5.88 Å². The first-order chi connectivity index (χ1) is 17.0. The van der Waals surface area contributed by atoms with E-state index in [9.17, 15) is 9.18 Å². The highest BCUT2D eigenvalue weighted by atomic mass is 19.1. The number of carboxylic acids is 1. The summed E-state index contributed by atoms with van der Waals surface area (Å²) in [5.74, 6) is -0.702. The number of rotatable bonds is 7. The number of fused-ring (bicyclic) bond motifs is 1. The smallest absolute Gasteiger partial charge is 0.328 e. The van der Waals surface area contributed by atoms with E-state index < -0.39 is 11.9 Å². The predicted molar refractivity (Wildman–Crippen MR) is 133 cm³/mol. The molecule has 35 heavy (non-hydrogen) atoms. The van der Waals surface area contributed by atoms with E-state index in [4.69, 9.17) is 14.8 Å². The Morgan fingerprint density at radius 2 is 1.89 bits per heavy atom. The number of hydrogen-bond donors (Lipinski definition) is 2. The minimum absolute atomic E-state index is 0.307. The lowest BCUT2D eigenvalue weighted by molar-refractivity contribution is -0.131. The summed E-state index contributed by atoms with van der Waals surface area (Å²) in [6.45, 7) is 0. The Morgan fingerprint density at radius 1 is 1.11 bits per heavy atom. The molecule has 0 spiro atoms. The van der Waals surface area contributed by atoms with Gasteiger partial charge in [-0.15, -0.1) is 5.10 Å². The maximum absolute atomic E-state index is 14.4. The van der Waals surface area contributed by atoms with Crippen LogP contribution < -0.4 is 4.74 Å². The zero-order chi connectivity index (χ0) is 24.4. The van der Waals surface area contributed by atoms with Gasteiger partial charge in [0.05, 0.1) is 23.7 Å². The summed E-state index contributed by atoms with van der Waals surface area (Å²) in [5.41, 5.74) is 6.08. The largest absolute Gasteiger partial charge is 0.481 e. The maximum atomic E-state index is 14.4. The van der Waals surface area contributed by atoms with Gasteiger partial charge >= 0.3 is 5.97 Å². The number of nitrogens with zero attached hydrogens (tertiary/aromatic N) is 2. The summed E-state index contributed by atoms with van der Waals surface area (Å²) >= 11 is 0. The van der Waals surface area contributed by atoms with Crippen molar-refractivity contribution in [1.29, 1.82) is 0 Å². The minimum Gasteiger partial charge on any atom is -0.481 e. The Balaban J connectivity index is 1.74. The number of methoxy groups -OCH3 is 1. The molecule has 5 rings (SSSR count). The Kier molecular flexibility index (Phi) is 6.14. The SMILES string of the molecule is COc1cccc(/C(=C(\c2ccc(/C=C/C(=O)O)cc2)c2ccc3[nH]nc(F)c3c2)C2CCC2)n1. The van der Waals surface area contributed by atoms with Gasteiger partial charge in [0.15, 0.2) is 0 Å². The number of ether oxygens (including phenoxy) is 1. The van der Waals surface area contributed by atoms with E-state index in [0.29, 0.717) is 22.7 Å². The molecule has 0 unspecified atom stereocenters. The molecule has 2 N–H and O–H groups in total. The number of aliphatic carboxylic acids is 1. The monoisotopic (exact) mass is 469 g/mol. The van der Waals surface area contributed by atoms with Crippen LogP contribution in [0, 0.1) is 11.9 Å². The Hall–Kier alpha value is -4.26. The summed E-state index contributed by atoms with van der Waals surface area (Å²) in [6, 6.07) is 19.0. The van der Waals surface area contributed by atoms with Gasteiger partial charge in [0, 0.05) is 12.1 Å². The van der Waals surface area contributed by atoms with E-state index in [1.807, 2.05) is 60.7 Å². The predicted octanol–water partition coefficient (Wildman–Crippen LogP) is 5.96. The third-order valence-corrected chi connectivity index (χ3v) is 6.41. The van der Waals surface area contributed by atoms with E-state index in [0.717, 1.165) is 58.9 Å². The summed E-state index contributed by atoms with van der Waals surface area (Å²) in [6.07, 6.45) is 5.89. The van der Waals surface area contributed by atoms with Crippen LogP contribution in [0.3, 0.4) is 0 Å².